The van der Waals surface area contributed by atoms with Gasteiger partial charge in [-0.25, -0.2) is 0 Å². The van der Waals surface area contributed by atoms with Crippen molar-refractivity contribution in [1.82, 2.24) is 10.6 Å². The lowest BCUT2D eigenvalue weighted by Gasteiger charge is -2.15. The summed E-state index contributed by atoms with van der Waals surface area (Å²) in [7, 11) is 0. The monoisotopic (exact) mass is 233 g/mol. The number of nitrogens with two attached hydrogens (primary N) is 1. The van der Waals surface area contributed by atoms with E-state index in [1.807, 2.05) is 0 Å². The van der Waals surface area contributed by atoms with Crippen LogP contribution >= 0.6 is 12.4 Å². The van der Waals surface area contributed by atoms with Crippen LogP contribution in [-0.4, -0.2) is 31.1 Å². The van der Waals surface area contributed by atoms with Crippen LogP contribution in [0.15, 0.2) is 0 Å². The molecule has 1 saturated heterocycles. The SMILES string of the molecule is Cl.NC1CCC(C(=O)NC2CCNC2)C1. The molecule has 2 fully saturated rings. The summed E-state index contributed by atoms with van der Waals surface area (Å²) in [5.41, 5.74) is 5.78. The third-order valence-electron chi connectivity index (χ3n) is 3.25. The molecule has 2 aliphatic rings. The second-order valence-corrected chi connectivity index (χ2v) is 4.47. The van der Waals surface area contributed by atoms with Gasteiger partial charge in [0.25, 0.3) is 0 Å². The minimum atomic E-state index is 0. The highest BCUT2D eigenvalue weighted by Gasteiger charge is 2.29. The molecule has 0 bridgehead atoms. The predicted octanol–water partition coefficient (Wildman–Crippen LogP) is 0.0137. The molecular formula is C10H20ClN3O. The van der Waals surface area contributed by atoms with Crippen LogP contribution in [0.5, 0.6) is 0 Å². The van der Waals surface area contributed by atoms with Gasteiger partial charge in [-0.3, -0.25) is 4.79 Å². The van der Waals surface area contributed by atoms with E-state index in [0.29, 0.717) is 6.04 Å². The fourth-order valence-electron chi connectivity index (χ4n) is 2.35. The molecule has 0 radical (unpaired) electrons. The summed E-state index contributed by atoms with van der Waals surface area (Å²) in [6.07, 6.45) is 3.89. The van der Waals surface area contributed by atoms with Crippen LogP contribution in [0, 0.1) is 5.92 Å². The first-order valence-electron chi connectivity index (χ1n) is 5.52. The molecular weight excluding hydrogens is 214 g/mol. The van der Waals surface area contributed by atoms with Crippen molar-refractivity contribution in [2.75, 3.05) is 13.1 Å². The smallest absolute Gasteiger partial charge is 0.223 e. The molecule has 1 heterocycles. The number of hydrogen-bond donors (Lipinski definition) is 3. The van der Waals surface area contributed by atoms with E-state index in [1.165, 1.54) is 0 Å². The molecule has 0 aromatic carbocycles. The topological polar surface area (TPSA) is 67.2 Å². The summed E-state index contributed by atoms with van der Waals surface area (Å²) in [6, 6.07) is 0.590. The van der Waals surface area contributed by atoms with Gasteiger partial charge < -0.3 is 16.4 Å². The fourth-order valence-corrected chi connectivity index (χ4v) is 2.35. The van der Waals surface area contributed by atoms with Crippen LogP contribution in [-0.2, 0) is 4.79 Å². The summed E-state index contributed by atoms with van der Waals surface area (Å²) >= 11 is 0. The molecule has 1 aliphatic carbocycles. The molecule has 3 atom stereocenters. The number of nitrogens with one attached hydrogen (secondary N) is 2. The molecule has 4 nitrogen and oxygen atoms in total. The van der Waals surface area contributed by atoms with E-state index in [0.717, 1.165) is 38.8 Å². The quantitative estimate of drug-likeness (QED) is 0.630. The minimum absolute atomic E-state index is 0. The number of halogens is 1. The third kappa shape index (κ3) is 3.33. The molecule has 0 aromatic rings. The summed E-state index contributed by atoms with van der Waals surface area (Å²) in [5, 5.41) is 6.32. The fraction of sp³-hybridized carbons (Fsp3) is 0.900. The number of hydrogen-bond acceptors (Lipinski definition) is 3. The van der Waals surface area contributed by atoms with Crippen molar-refractivity contribution in [3.63, 3.8) is 0 Å². The maximum atomic E-state index is 11.8. The normalized spacial score (nSPS) is 34.9. The highest BCUT2D eigenvalue weighted by Crippen LogP contribution is 2.24. The van der Waals surface area contributed by atoms with Gasteiger partial charge in [0, 0.05) is 24.5 Å². The Morgan fingerprint density at radius 2 is 2.13 bits per heavy atom. The lowest BCUT2D eigenvalue weighted by molar-refractivity contribution is -0.125. The first-order valence-corrected chi connectivity index (χ1v) is 5.52. The van der Waals surface area contributed by atoms with Crippen LogP contribution in [0.2, 0.25) is 0 Å². The second-order valence-electron chi connectivity index (χ2n) is 4.47. The largest absolute Gasteiger partial charge is 0.352 e. The molecule has 0 spiro atoms. The number of carbonyl (C=O) groups excluding carboxylic acids is 1. The zero-order chi connectivity index (χ0) is 9.97. The van der Waals surface area contributed by atoms with E-state index in [-0.39, 0.29) is 30.3 Å². The van der Waals surface area contributed by atoms with Crippen molar-refractivity contribution in [2.45, 2.75) is 37.8 Å². The van der Waals surface area contributed by atoms with Gasteiger partial charge in [-0.2, -0.15) is 0 Å². The Hall–Kier alpha value is -0.320. The molecule has 4 N–H and O–H groups in total. The van der Waals surface area contributed by atoms with E-state index in [9.17, 15) is 4.79 Å². The highest BCUT2D eigenvalue weighted by atomic mass is 35.5. The molecule has 15 heavy (non-hydrogen) atoms. The van der Waals surface area contributed by atoms with E-state index >= 15 is 0 Å². The van der Waals surface area contributed by atoms with Gasteiger partial charge >= 0.3 is 0 Å². The lowest BCUT2D eigenvalue weighted by atomic mass is 10.1. The average Bonchev–Trinajstić information content (AvgIpc) is 2.75. The summed E-state index contributed by atoms with van der Waals surface area (Å²) in [6.45, 7) is 1.94. The summed E-state index contributed by atoms with van der Waals surface area (Å²) < 4.78 is 0. The van der Waals surface area contributed by atoms with Crippen molar-refractivity contribution < 1.29 is 4.79 Å². The van der Waals surface area contributed by atoms with Crippen LogP contribution in [0.1, 0.15) is 25.7 Å². The van der Waals surface area contributed by atoms with Gasteiger partial charge in [0.05, 0.1) is 0 Å². The molecule has 5 heteroatoms. The highest BCUT2D eigenvalue weighted by molar-refractivity contribution is 5.85. The van der Waals surface area contributed by atoms with Crippen molar-refractivity contribution in [1.29, 1.82) is 0 Å². The first-order chi connectivity index (χ1) is 6.75. The average molecular weight is 234 g/mol. The Morgan fingerprint density at radius 3 is 2.67 bits per heavy atom. The van der Waals surface area contributed by atoms with Crippen molar-refractivity contribution in [2.24, 2.45) is 11.7 Å². The Labute approximate surface area is 96.8 Å². The molecule has 1 aliphatic heterocycles. The Morgan fingerprint density at radius 1 is 1.33 bits per heavy atom. The van der Waals surface area contributed by atoms with Crippen LogP contribution in [0.25, 0.3) is 0 Å². The first kappa shape index (κ1) is 12.7. The maximum Gasteiger partial charge on any atom is 0.223 e. The van der Waals surface area contributed by atoms with E-state index in [4.69, 9.17) is 5.73 Å². The Kier molecular flexibility index (Phi) is 4.83. The van der Waals surface area contributed by atoms with Gasteiger partial charge in [-0.15, -0.1) is 12.4 Å². The molecule has 2 rings (SSSR count). The van der Waals surface area contributed by atoms with Gasteiger partial charge in [-0.05, 0) is 32.2 Å². The van der Waals surface area contributed by atoms with Crippen molar-refractivity contribution in [3.8, 4) is 0 Å². The van der Waals surface area contributed by atoms with E-state index in [1.54, 1.807) is 0 Å². The zero-order valence-electron chi connectivity index (χ0n) is 8.87. The second kappa shape index (κ2) is 5.68. The van der Waals surface area contributed by atoms with E-state index < -0.39 is 0 Å². The maximum absolute atomic E-state index is 11.8. The number of amides is 1. The van der Waals surface area contributed by atoms with Gasteiger partial charge in [0.2, 0.25) is 5.91 Å². The van der Waals surface area contributed by atoms with Gasteiger partial charge in [-0.1, -0.05) is 0 Å². The predicted molar refractivity (Wildman–Crippen MR) is 62.0 cm³/mol. The van der Waals surface area contributed by atoms with Crippen LogP contribution in [0.3, 0.4) is 0 Å². The van der Waals surface area contributed by atoms with Gasteiger partial charge in [0.15, 0.2) is 0 Å². The summed E-state index contributed by atoms with van der Waals surface area (Å²) in [4.78, 5) is 11.8. The van der Waals surface area contributed by atoms with Crippen molar-refractivity contribution >= 4 is 18.3 Å². The molecule has 3 unspecified atom stereocenters. The Bertz CT molecular complexity index is 219. The molecule has 88 valence electrons. The van der Waals surface area contributed by atoms with Crippen molar-refractivity contribution in [3.05, 3.63) is 0 Å². The lowest BCUT2D eigenvalue weighted by Crippen LogP contribution is -2.39. The zero-order valence-corrected chi connectivity index (χ0v) is 9.69. The third-order valence-corrected chi connectivity index (χ3v) is 3.25. The molecule has 1 amide bonds. The number of rotatable bonds is 2. The molecule has 1 saturated carbocycles. The molecule has 0 aromatic heterocycles. The number of carbonyl (C=O) groups is 1. The summed E-state index contributed by atoms with van der Waals surface area (Å²) in [5.74, 6) is 0.386. The minimum Gasteiger partial charge on any atom is -0.352 e. The van der Waals surface area contributed by atoms with Gasteiger partial charge in [0.1, 0.15) is 0 Å². The standard InChI is InChI=1S/C10H19N3O.ClH/c11-8-2-1-7(5-8)10(14)13-9-3-4-12-6-9;/h7-9,12H,1-6,11H2,(H,13,14);1H. The van der Waals surface area contributed by atoms with E-state index in [2.05, 4.69) is 10.6 Å². The Balaban J connectivity index is 0.00000112. The van der Waals surface area contributed by atoms with Crippen LogP contribution < -0.4 is 16.4 Å². The van der Waals surface area contributed by atoms with Crippen LogP contribution in [0.4, 0.5) is 0 Å².